The Kier molecular flexibility index (Phi) is 5.38. The highest BCUT2D eigenvalue weighted by molar-refractivity contribution is 5.38. The van der Waals surface area contributed by atoms with Gasteiger partial charge in [0.2, 0.25) is 0 Å². The molecule has 1 aromatic rings. The minimum absolute atomic E-state index is 0.124. The Morgan fingerprint density at radius 2 is 1.68 bits per heavy atom. The van der Waals surface area contributed by atoms with E-state index in [1.807, 2.05) is 32.9 Å². The monoisotopic (exact) mass is 276 g/mol. The van der Waals surface area contributed by atoms with Crippen molar-refractivity contribution < 1.29 is 23.0 Å². The minimum atomic E-state index is -4.22. The lowest BCUT2D eigenvalue weighted by atomic mass is 9.96. The van der Waals surface area contributed by atoms with Crippen molar-refractivity contribution in [1.82, 2.24) is 0 Å². The number of aliphatic hydroxyl groups is 1. The van der Waals surface area contributed by atoms with Crippen LogP contribution in [0.4, 0.5) is 13.2 Å². The molecular formula is C14H19F3O2. The van der Waals surface area contributed by atoms with Crippen LogP contribution in [0.5, 0.6) is 0 Å². The predicted molar refractivity (Wildman–Crippen MR) is 67.1 cm³/mol. The number of rotatable bonds is 5. The fourth-order valence-electron chi connectivity index (χ4n) is 2.18. The number of benzene rings is 1. The Balaban J connectivity index is 2.57. The van der Waals surface area contributed by atoms with E-state index in [4.69, 9.17) is 4.74 Å². The van der Waals surface area contributed by atoms with E-state index in [0.717, 1.165) is 22.3 Å². The summed E-state index contributed by atoms with van der Waals surface area (Å²) < 4.78 is 40.7. The number of aliphatic hydroxyl groups excluding tert-OH is 1. The molecule has 108 valence electrons. The van der Waals surface area contributed by atoms with Gasteiger partial charge in [0.1, 0.15) is 6.10 Å². The number of halogens is 3. The van der Waals surface area contributed by atoms with E-state index in [-0.39, 0.29) is 6.61 Å². The first-order valence-corrected chi connectivity index (χ1v) is 6.11. The molecule has 1 N–H and O–H groups in total. The van der Waals surface area contributed by atoms with Crippen LogP contribution in [-0.4, -0.2) is 24.5 Å². The highest BCUT2D eigenvalue weighted by Gasteiger charge is 2.26. The molecule has 0 bridgehead atoms. The van der Waals surface area contributed by atoms with Crippen LogP contribution < -0.4 is 0 Å². The zero-order chi connectivity index (χ0) is 14.6. The molecule has 1 unspecified atom stereocenters. The van der Waals surface area contributed by atoms with Crippen molar-refractivity contribution in [2.75, 3.05) is 13.2 Å². The summed E-state index contributed by atoms with van der Waals surface area (Å²) in [5.41, 5.74) is 3.66. The summed E-state index contributed by atoms with van der Waals surface area (Å²) in [5, 5.41) is 10.00. The fourth-order valence-corrected chi connectivity index (χ4v) is 2.18. The molecule has 0 aliphatic carbocycles. The Morgan fingerprint density at radius 1 is 1.16 bits per heavy atom. The van der Waals surface area contributed by atoms with Crippen molar-refractivity contribution in [2.45, 2.75) is 39.5 Å². The van der Waals surface area contributed by atoms with Gasteiger partial charge >= 0.3 is 6.18 Å². The molecule has 0 saturated carbocycles. The van der Waals surface area contributed by atoms with E-state index in [2.05, 4.69) is 0 Å². The van der Waals surface area contributed by atoms with Crippen molar-refractivity contribution in [3.05, 3.63) is 34.4 Å². The Morgan fingerprint density at radius 3 is 2.16 bits per heavy atom. The van der Waals surface area contributed by atoms with Crippen LogP contribution in [0.3, 0.4) is 0 Å². The third kappa shape index (κ3) is 5.20. The van der Waals surface area contributed by atoms with E-state index in [1.165, 1.54) is 0 Å². The van der Waals surface area contributed by atoms with Crippen molar-refractivity contribution in [1.29, 1.82) is 0 Å². The molecule has 1 atom stereocenters. The molecule has 1 aromatic carbocycles. The lowest BCUT2D eigenvalue weighted by Gasteiger charge is -2.18. The predicted octanol–water partition coefficient (Wildman–Crippen LogP) is 3.61. The third-order valence-electron chi connectivity index (χ3n) is 2.88. The molecule has 0 aliphatic heterocycles. The molecule has 0 fully saturated rings. The van der Waals surface area contributed by atoms with Gasteiger partial charge in [-0.1, -0.05) is 17.7 Å². The lowest BCUT2D eigenvalue weighted by molar-refractivity contribution is -0.147. The molecule has 0 aromatic heterocycles. The first-order valence-electron chi connectivity index (χ1n) is 6.11. The van der Waals surface area contributed by atoms with Crippen molar-refractivity contribution in [3.63, 3.8) is 0 Å². The molecule has 0 saturated heterocycles. The number of alkyl halides is 3. The maximum atomic E-state index is 11.9. The average molecular weight is 276 g/mol. The third-order valence-corrected chi connectivity index (χ3v) is 2.88. The zero-order valence-corrected chi connectivity index (χ0v) is 11.3. The number of ether oxygens (including phenoxy) is 1. The molecule has 2 nitrogen and oxygen atoms in total. The van der Waals surface area contributed by atoms with Crippen LogP contribution in [-0.2, 0) is 4.74 Å². The maximum absolute atomic E-state index is 11.9. The zero-order valence-electron chi connectivity index (χ0n) is 11.3. The first-order chi connectivity index (χ1) is 8.70. The molecule has 5 heteroatoms. The van der Waals surface area contributed by atoms with E-state index in [0.29, 0.717) is 0 Å². The average Bonchev–Trinajstić information content (AvgIpc) is 2.21. The molecule has 0 radical (unpaired) electrons. The standard InChI is InChI=1S/C14H19F3O2/c1-9-6-10(2)13(11(3)7-9)12(18)8-19-5-4-14(15,16)17/h6-7,12,18H,4-5,8H2,1-3H3. The van der Waals surface area contributed by atoms with Crippen LogP contribution in [0.25, 0.3) is 0 Å². The Bertz CT molecular complexity index is 404. The number of hydrogen-bond acceptors (Lipinski definition) is 2. The Hall–Kier alpha value is -1.07. The molecule has 1 rings (SSSR count). The summed E-state index contributed by atoms with van der Waals surface area (Å²) in [6.07, 6.45) is -6.11. The summed E-state index contributed by atoms with van der Waals surface area (Å²) in [5.74, 6) is 0. The lowest BCUT2D eigenvalue weighted by Crippen LogP contribution is -2.15. The second kappa shape index (κ2) is 6.39. The van der Waals surface area contributed by atoms with E-state index >= 15 is 0 Å². The highest BCUT2D eigenvalue weighted by atomic mass is 19.4. The van der Waals surface area contributed by atoms with Crippen molar-refractivity contribution in [3.8, 4) is 0 Å². The van der Waals surface area contributed by atoms with Gasteiger partial charge in [0, 0.05) is 0 Å². The van der Waals surface area contributed by atoms with Gasteiger partial charge in [-0.25, -0.2) is 0 Å². The van der Waals surface area contributed by atoms with Crippen molar-refractivity contribution in [2.24, 2.45) is 0 Å². The second-order valence-electron chi connectivity index (χ2n) is 4.77. The molecular weight excluding hydrogens is 257 g/mol. The van der Waals surface area contributed by atoms with E-state index in [1.54, 1.807) is 0 Å². The number of hydrogen-bond donors (Lipinski definition) is 1. The van der Waals surface area contributed by atoms with Gasteiger partial charge in [0.25, 0.3) is 0 Å². The van der Waals surface area contributed by atoms with Crippen LogP contribution in [0, 0.1) is 20.8 Å². The fraction of sp³-hybridized carbons (Fsp3) is 0.571. The minimum Gasteiger partial charge on any atom is -0.386 e. The van der Waals surface area contributed by atoms with Gasteiger partial charge in [0.15, 0.2) is 0 Å². The summed E-state index contributed by atoms with van der Waals surface area (Å²) in [6.45, 7) is 5.14. The molecule has 0 aliphatic rings. The topological polar surface area (TPSA) is 29.5 Å². The Labute approximate surface area is 111 Å². The molecule has 0 heterocycles. The summed E-state index contributed by atoms with van der Waals surface area (Å²) >= 11 is 0. The van der Waals surface area contributed by atoms with E-state index in [9.17, 15) is 18.3 Å². The maximum Gasteiger partial charge on any atom is 0.391 e. The summed E-state index contributed by atoms with van der Waals surface area (Å²) in [7, 11) is 0. The highest BCUT2D eigenvalue weighted by Crippen LogP contribution is 2.24. The largest absolute Gasteiger partial charge is 0.391 e. The van der Waals surface area contributed by atoms with Gasteiger partial charge in [-0.2, -0.15) is 13.2 Å². The van der Waals surface area contributed by atoms with Gasteiger partial charge in [-0.15, -0.1) is 0 Å². The first kappa shape index (κ1) is 16.0. The second-order valence-corrected chi connectivity index (χ2v) is 4.77. The van der Waals surface area contributed by atoms with Gasteiger partial charge in [-0.05, 0) is 37.5 Å². The van der Waals surface area contributed by atoms with Gasteiger partial charge in [-0.3, -0.25) is 0 Å². The van der Waals surface area contributed by atoms with Gasteiger partial charge in [0.05, 0.1) is 19.6 Å². The summed E-state index contributed by atoms with van der Waals surface area (Å²) in [4.78, 5) is 0. The van der Waals surface area contributed by atoms with Crippen LogP contribution in [0.15, 0.2) is 12.1 Å². The smallest absolute Gasteiger partial charge is 0.386 e. The summed E-state index contributed by atoms with van der Waals surface area (Å²) in [6, 6.07) is 3.86. The number of aryl methyl sites for hydroxylation is 3. The molecule has 19 heavy (non-hydrogen) atoms. The van der Waals surface area contributed by atoms with Crippen LogP contribution in [0.1, 0.15) is 34.8 Å². The van der Waals surface area contributed by atoms with Crippen molar-refractivity contribution >= 4 is 0 Å². The normalized spacial score (nSPS) is 13.6. The quantitative estimate of drug-likeness (QED) is 0.832. The van der Waals surface area contributed by atoms with Crippen LogP contribution >= 0.6 is 0 Å². The SMILES string of the molecule is Cc1cc(C)c(C(O)COCCC(F)(F)F)c(C)c1. The van der Waals surface area contributed by atoms with Gasteiger partial charge < -0.3 is 9.84 Å². The molecule has 0 amide bonds. The molecule has 0 spiro atoms. The van der Waals surface area contributed by atoms with E-state index < -0.39 is 25.3 Å². The van der Waals surface area contributed by atoms with Crippen LogP contribution in [0.2, 0.25) is 0 Å².